The minimum atomic E-state index is -0.460. The second kappa shape index (κ2) is 7.63. The highest BCUT2D eigenvalue weighted by molar-refractivity contribution is 5.78. The van der Waals surface area contributed by atoms with E-state index >= 15 is 0 Å². The molecule has 1 aliphatic rings. The van der Waals surface area contributed by atoms with Gasteiger partial charge in [-0.05, 0) is 38.8 Å². The van der Waals surface area contributed by atoms with Gasteiger partial charge in [0.25, 0.3) is 5.91 Å². The first kappa shape index (κ1) is 18.0. The van der Waals surface area contributed by atoms with Crippen LogP contribution in [0.1, 0.15) is 48.3 Å². The summed E-state index contributed by atoms with van der Waals surface area (Å²) in [5.74, 6) is -0.222. The number of hydrogen-bond acceptors (Lipinski definition) is 5. The Morgan fingerprint density at radius 3 is 2.69 bits per heavy atom. The van der Waals surface area contributed by atoms with E-state index in [1.165, 1.54) is 28.5 Å². The molecule has 2 heterocycles. The van der Waals surface area contributed by atoms with Crippen LogP contribution in [0.3, 0.4) is 0 Å². The fourth-order valence-corrected chi connectivity index (χ4v) is 3.46. The molecule has 0 unspecified atom stereocenters. The largest absolute Gasteiger partial charge is 0.312 e. The van der Waals surface area contributed by atoms with Gasteiger partial charge in [0.1, 0.15) is 23.4 Å². The summed E-state index contributed by atoms with van der Waals surface area (Å²) in [7, 11) is 0. The summed E-state index contributed by atoms with van der Waals surface area (Å²) in [6, 6.07) is 5.72. The second-order valence-corrected chi connectivity index (χ2v) is 6.68. The number of nitro groups is 1. The maximum absolute atomic E-state index is 12.8. The number of aromatic nitrogens is 3. The molecular formula is C18H23N5O3. The minimum Gasteiger partial charge on any atom is -0.272 e. The van der Waals surface area contributed by atoms with Gasteiger partial charge in [-0.2, -0.15) is 5.10 Å². The summed E-state index contributed by atoms with van der Waals surface area (Å²) in [4.78, 5) is 28.2. The molecule has 0 N–H and O–H groups in total. The number of carbonyl (C=O) groups excluding carboxylic acids is 1. The highest BCUT2D eigenvalue weighted by atomic mass is 16.6. The highest BCUT2D eigenvalue weighted by Crippen LogP contribution is 2.22. The smallest absolute Gasteiger partial charge is 0.272 e. The fourth-order valence-electron chi connectivity index (χ4n) is 3.46. The van der Waals surface area contributed by atoms with E-state index in [9.17, 15) is 14.9 Å². The molecule has 1 fully saturated rings. The third kappa shape index (κ3) is 3.74. The van der Waals surface area contributed by atoms with E-state index < -0.39 is 4.92 Å². The standard InChI is InChI=1S/C18H23N5O3/c1-13-18(23(25)26)14(2)22(20-13)12-17(24)21-11-7-6-10-16(21)19-15-8-4-3-5-9-15/h6-7,10-11,15H,3-5,8-9,12H2,1-2H3. The summed E-state index contributed by atoms with van der Waals surface area (Å²) in [5, 5.41) is 15.3. The number of rotatable bonds is 4. The van der Waals surface area contributed by atoms with Crippen LogP contribution in [0.25, 0.3) is 0 Å². The van der Waals surface area contributed by atoms with Gasteiger partial charge >= 0.3 is 5.69 Å². The minimum absolute atomic E-state index is 0.0389. The number of nitrogens with zero attached hydrogens (tertiary/aromatic N) is 5. The highest BCUT2D eigenvalue weighted by Gasteiger charge is 2.23. The summed E-state index contributed by atoms with van der Waals surface area (Å²) in [5.41, 5.74) is 1.28. The summed E-state index contributed by atoms with van der Waals surface area (Å²) in [6.45, 7) is 3.11. The molecular weight excluding hydrogens is 334 g/mol. The molecule has 0 amide bonds. The summed E-state index contributed by atoms with van der Waals surface area (Å²) < 4.78 is 2.90. The summed E-state index contributed by atoms with van der Waals surface area (Å²) >= 11 is 0. The molecule has 1 saturated carbocycles. The van der Waals surface area contributed by atoms with Crippen molar-refractivity contribution in [1.82, 2.24) is 14.3 Å². The molecule has 0 saturated heterocycles. The van der Waals surface area contributed by atoms with Crippen molar-refractivity contribution in [1.29, 1.82) is 0 Å². The third-order valence-corrected chi connectivity index (χ3v) is 4.81. The molecule has 138 valence electrons. The van der Waals surface area contributed by atoms with Crippen LogP contribution in [-0.2, 0) is 6.54 Å². The van der Waals surface area contributed by atoms with Crippen molar-refractivity contribution in [2.75, 3.05) is 0 Å². The Kier molecular flexibility index (Phi) is 5.29. The van der Waals surface area contributed by atoms with Crippen LogP contribution < -0.4 is 5.49 Å². The molecule has 1 aliphatic carbocycles. The Bertz CT molecular complexity index is 890. The number of carbonyl (C=O) groups is 1. The second-order valence-electron chi connectivity index (χ2n) is 6.68. The third-order valence-electron chi connectivity index (χ3n) is 4.81. The number of hydrogen-bond donors (Lipinski definition) is 0. The number of aryl methyl sites for hydroxylation is 1. The normalized spacial score (nSPS) is 16.0. The number of pyridine rings is 1. The Morgan fingerprint density at radius 2 is 2.04 bits per heavy atom. The van der Waals surface area contributed by atoms with Crippen LogP contribution in [-0.4, -0.2) is 31.2 Å². The van der Waals surface area contributed by atoms with E-state index in [0.717, 1.165) is 12.8 Å². The molecule has 0 aliphatic heterocycles. The van der Waals surface area contributed by atoms with Crippen molar-refractivity contribution in [3.05, 3.63) is 51.4 Å². The zero-order valence-corrected chi connectivity index (χ0v) is 15.1. The molecule has 3 rings (SSSR count). The van der Waals surface area contributed by atoms with Crippen LogP contribution in [0, 0.1) is 24.0 Å². The molecule has 0 atom stereocenters. The van der Waals surface area contributed by atoms with Crippen molar-refractivity contribution in [3.8, 4) is 0 Å². The SMILES string of the molecule is Cc1nn(CC(=O)n2ccccc2=NC2CCCCC2)c(C)c1[N+](=O)[O-]. The lowest BCUT2D eigenvalue weighted by Crippen LogP contribution is -2.31. The van der Waals surface area contributed by atoms with E-state index in [1.54, 1.807) is 26.1 Å². The zero-order chi connectivity index (χ0) is 18.7. The van der Waals surface area contributed by atoms with E-state index in [4.69, 9.17) is 4.99 Å². The van der Waals surface area contributed by atoms with Crippen molar-refractivity contribution in [2.24, 2.45) is 4.99 Å². The quantitative estimate of drug-likeness (QED) is 0.621. The van der Waals surface area contributed by atoms with Gasteiger partial charge in [0.2, 0.25) is 0 Å². The lowest BCUT2D eigenvalue weighted by atomic mass is 9.96. The predicted octanol–water partition coefficient (Wildman–Crippen LogP) is 2.78. The molecule has 8 nitrogen and oxygen atoms in total. The first-order valence-corrected chi connectivity index (χ1v) is 8.90. The van der Waals surface area contributed by atoms with Crippen LogP contribution in [0.2, 0.25) is 0 Å². The van der Waals surface area contributed by atoms with E-state index in [2.05, 4.69) is 5.10 Å². The Hall–Kier alpha value is -2.77. The molecule has 0 bridgehead atoms. The van der Waals surface area contributed by atoms with E-state index in [0.29, 0.717) is 16.9 Å². The Morgan fingerprint density at radius 1 is 1.31 bits per heavy atom. The topological polar surface area (TPSA) is 95.3 Å². The monoisotopic (exact) mass is 357 g/mol. The van der Waals surface area contributed by atoms with Crippen molar-refractivity contribution in [3.63, 3.8) is 0 Å². The van der Waals surface area contributed by atoms with E-state index in [1.807, 2.05) is 12.1 Å². The maximum atomic E-state index is 12.8. The van der Waals surface area contributed by atoms with E-state index in [-0.39, 0.29) is 24.2 Å². The Labute approximate surface area is 151 Å². The fraction of sp³-hybridized carbons (Fsp3) is 0.500. The molecule has 8 heteroatoms. The lowest BCUT2D eigenvalue weighted by molar-refractivity contribution is -0.386. The maximum Gasteiger partial charge on any atom is 0.312 e. The average Bonchev–Trinajstić information content (AvgIpc) is 2.89. The van der Waals surface area contributed by atoms with Gasteiger partial charge in [0, 0.05) is 6.20 Å². The van der Waals surface area contributed by atoms with Crippen LogP contribution in [0.15, 0.2) is 29.4 Å². The van der Waals surface area contributed by atoms with Gasteiger partial charge in [0.15, 0.2) is 0 Å². The van der Waals surface area contributed by atoms with Gasteiger partial charge in [-0.1, -0.05) is 25.3 Å². The van der Waals surface area contributed by atoms with Crippen molar-refractivity contribution < 1.29 is 9.72 Å². The van der Waals surface area contributed by atoms with Crippen molar-refractivity contribution >= 4 is 11.6 Å². The average molecular weight is 357 g/mol. The van der Waals surface area contributed by atoms with Gasteiger partial charge < -0.3 is 0 Å². The first-order valence-electron chi connectivity index (χ1n) is 8.90. The lowest BCUT2D eigenvalue weighted by Gasteiger charge is -2.17. The van der Waals surface area contributed by atoms with Gasteiger partial charge in [-0.15, -0.1) is 0 Å². The summed E-state index contributed by atoms with van der Waals surface area (Å²) in [6.07, 6.45) is 7.37. The molecule has 2 aromatic heterocycles. The van der Waals surface area contributed by atoms with Crippen LogP contribution in [0.4, 0.5) is 5.69 Å². The Balaban J connectivity index is 1.88. The van der Waals surface area contributed by atoms with Crippen molar-refractivity contribution in [2.45, 2.75) is 58.5 Å². The predicted molar refractivity (Wildman–Crippen MR) is 95.8 cm³/mol. The van der Waals surface area contributed by atoms with Gasteiger partial charge in [0.05, 0.1) is 11.0 Å². The van der Waals surface area contributed by atoms with Crippen LogP contribution in [0.5, 0.6) is 0 Å². The zero-order valence-electron chi connectivity index (χ0n) is 15.1. The molecule has 26 heavy (non-hydrogen) atoms. The first-order chi connectivity index (χ1) is 12.5. The van der Waals surface area contributed by atoms with Gasteiger partial charge in [-0.25, -0.2) is 0 Å². The van der Waals surface area contributed by atoms with Gasteiger partial charge in [-0.3, -0.25) is 29.2 Å². The molecule has 2 aromatic rings. The molecule has 0 aromatic carbocycles. The molecule has 0 spiro atoms. The van der Waals surface area contributed by atoms with Crippen LogP contribution >= 0.6 is 0 Å². The molecule has 0 radical (unpaired) electrons.